The van der Waals surface area contributed by atoms with Gasteiger partial charge in [0.05, 0.1) is 12.2 Å². The first kappa shape index (κ1) is 12.1. The number of amides is 1. The van der Waals surface area contributed by atoms with E-state index < -0.39 is 0 Å². The van der Waals surface area contributed by atoms with Crippen LogP contribution in [0.2, 0.25) is 0 Å². The average molecular weight is 246 g/mol. The number of hydrazine groups is 1. The van der Waals surface area contributed by atoms with Gasteiger partial charge in [-0.2, -0.15) is 5.10 Å². The Morgan fingerprint density at radius 2 is 2.33 bits per heavy atom. The van der Waals surface area contributed by atoms with Crippen LogP contribution in [-0.4, -0.2) is 27.2 Å². The van der Waals surface area contributed by atoms with Gasteiger partial charge in [0.15, 0.2) is 0 Å². The van der Waals surface area contributed by atoms with Crippen molar-refractivity contribution in [2.75, 3.05) is 12.0 Å². The van der Waals surface area contributed by atoms with Gasteiger partial charge >= 0.3 is 0 Å². The number of hydrogen-bond donors (Lipinski definition) is 3. The van der Waals surface area contributed by atoms with Gasteiger partial charge in [0.25, 0.3) is 5.91 Å². The number of carbonyl (C=O) groups is 1. The number of nitrogens with zero attached hydrogens (tertiary/aromatic N) is 3. The van der Waals surface area contributed by atoms with Crippen molar-refractivity contribution in [3.63, 3.8) is 0 Å². The summed E-state index contributed by atoms with van der Waals surface area (Å²) < 4.78 is 1.74. The highest BCUT2D eigenvalue weighted by Gasteiger charge is 2.06. The van der Waals surface area contributed by atoms with Crippen molar-refractivity contribution in [1.29, 1.82) is 0 Å². The van der Waals surface area contributed by atoms with Crippen LogP contribution in [0.25, 0.3) is 0 Å². The van der Waals surface area contributed by atoms with Crippen molar-refractivity contribution in [3.8, 4) is 0 Å². The van der Waals surface area contributed by atoms with E-state index >= 15 is 0 Å². The fraction of sp³-hybridized carbons (Fsp3) is 0.182. The number of nitrogen functional groups attached to an aromatic ring is 1. The first-order chi connectivity index (χ1) is 8.79. The van der Waals surface area contributed by atoms with E-state index in [9.17, 15) is 4.79 Å². The molecular formula is C11H14N6O. The summed E-state index contributed by atoms with van der Waals surface area (Å²) in [6.07, 6.45) is 5.06. The molecule has 2 aromatic heterocycles. The zero-order valence-electron chi connectivity index (χ0n) is 9.71. The minimum absolute atomic E-state index is 0.237. The highest BCUT2D eigenvalue weighted by atomic mass is 16.1. The van der Waals surface area contributed by atoms with Crippen molar-refractivity contribution in [2.45, 2.75) is 6.54 Å². The number of pyridine rings is 1. The van der Waals surface area contributed by atoms with Crippen LogP contribution in [0.3, 0.4) is 0 Å². The van der Waals surface area contributed by atoms with E-state index in [0.29, 0.717) is 24.5 Å². The first-order valence-electron chi connectivity index (χ1n) is 5.48. The molecule has 0 atom stereocenters. The zero-order chi connectivity index (χ0) is 12.8. The van der Waals surface area contributed by atoms with Gasteiger partial charge in [-0.15, -0.1) is 0 Å². The molecule has 0 aliphatic carbocycles. The Hall–Kier alpha value is -2.41. The molecule has 0 fully saturated rings. The van der Waals surface area contributed by atoms with Crippen LogP contribution in [0.4, 0.5) is 5.69 Å². The van der Waals surface area contributed by atoms with E-state index in [0.717, 1.165) is 0 Å². The summed E-state index contributed by atoms with van der Waals surface area (Å²) in [6, 6.07) is 5.10. The normalized spacial score (nSPS) is 10.1. The Labute approximate surface area is 104 Å². The van der Waals surface area contributed by atoms with Gasteiger partial charge in [-0.05, 0) is 18.2 Å². The molecule has 2 rings (SSSR count). The maximum atomic E-state index is 11.8. The average Bonchev–Trinajstić information content (AvgIpc) is 2.92. The van der Waals surface area contributed by atoms with Crippen LogP contribution >= 0.6 is 0 Å². The summed E-state index contributed by atoms with van der Waals surface area (Å²) in [5.41, 5.74) is 3.43. The molecule has 7 nitrogen and oxygen atoms in total. The smallest absolute Gasteiger partial charge is 0.270 e. The largest absolute Gasteiger partial charge is 0.349 e. The van der Waals surface area contributed by atoms with Gasteiger partial charge in [-0.1, -0.05) is 0 Å². The van der Waals surface area contributed by atoms with E-state index in [4.69, 9.17) is 5.84 Å². The SMILES string of the molecule is NNc1ccnc(C(=O)NCCn2cccn2)c1. The Morgan fingerprint density at radius 3 is 3.06 bits per heavy atom. The van der Waals surface area contributed by atoms with Gasteiger partial charge in [0.1, 0.15) is 5.69 Å². The van der Waals surface area contributed by atoms with Crippen molar-refractivity contribution in [3.05, 3.63) is 42.5 Å². The van der Waals surface area contributed by atoms with Crippen molar-refractivity contribution in [1.82, 2.24) is 20.1 Å². The van der Waals surface area contributed by atoms with E-state index in [-0.39, 0.29) is 5.91 Å². The summed E-state index contributed by atoms with van der Waals surface area (Å²) in [5, 5.41) is 6.79. The molecule has 0 saturated heterocycles. The lowest BCUT2D eigenvalue weighted by atomic mass is 10.3. The molecule has 0 radical (unpaired) electrons. The first-order valence-corrected chi connectivity index (χ1v) is 5.48. The maximum Gasteiger partial charge on any atom is 0.270 e. The van der Waals surface area contributed by atoms with Crippen LogP contribution in [0.1, 0.15) is 10.5 Å². The molecule has 0 aromatic carbocycles. The number of nitrogens with two attached hydrogens (primary N) is 1. The minimum atomic E-state index is -0.237. The fourth-order valence-electron chi connectivity index (χ4n) is 1.45. The number of aromatic nitrogens is 3. The van der Waals surface area contributed by atoms with Crippen LogP contribution in [0.5, 0.6) is 0 Å². The molecule has 0 unspecified atom stereocenters. The Balaban J connectivity index is 1.87. The van der Waals surface area contributed by atoms with Crippen molar-refractivity contribution in [2.24, 2.45) is 5.84 Å². The predicted molar refractivity (Wildman–Crippen MR) is 66.6 cm³/mol. The van der Waals surface area contributed by atoms with Gasteiger partial charge in [0, 0.05) is 25.1 Å². The maximum absolute atomic E-state index is 11.8. The summed E-state index contributed by atoms with van der Waals surface area (Å²) >= 11 is 0. The van der Waals surface area contributed by atoms with Crippen molar-refractivity contribution >= 4 is 11.6 Å². The van der Waals surface area contributed by atoms with Gasteiger partial charge in [-0.25, -0.2) is 0 Å². The third-order valence-corrected chi connectivity index (χ3v) is 2.34. The van der Waals surface area contributed by atoms with Crippen molar-refractivity contribution < 1.29 is 4.79 Å². The molecule has 0 spiro atoms. The third-order valence-electron chi connectivity index (χ3n) is 2.34. The molecule has 2 heterocycles. The third kappa shape index (κ3) is 3.05. The minimum Gasteiger partial charge on any atom is -0.349 e. The second-order valence-corrected chi connectivity index (χ2v) is 3.60. The Bertz CT molecular complexity index is 510. The second kappa shape index (κ2) is 5.78. The molecule has 4 N–H and O–H groups in total. The number of carbonyl (C=O) groups excluding carboxylic acids is 1. The van der Waals surface area contributed by atoms with Gasteiger partial charge < -0.3 is 10.7 Å². The van der Waals surface area contributed by atoms with E-state index in [2.05, 4.69) is 20.8 Å². The topological polar surface area (TPSA) is 97.9 Å². The zero-order valence-corrected chi connectivity index (χ0v) is 9.71. The molecule has 94 valence electrons. The molecule has 0 saturated carbocycles. The second-order valence-electron chi connectivity index (χ2n) is 3.60. The lowest BCUT2D eigenvalue weighted by Crippen LogP contribution is -2.28. The highest BCUT2D eigenvalue weighted by molar-refractivity contribution is 5.93. The summed E-state index contributed by atoms with van der Waals surface area (Å²) in [6.45, 7) is 1.11. The fourth-order valence-corrected chi connectivity index (χ4v) is 1.45. The molecule has 7 heteroatoms. The number of nitrogens with one attached hydrogen (secondary N) is 2. The number of rotatable bonds is 5. The standard InChI is InChI=1S/C11H14N6O/c12-16-9-2-4-13-10(8-9)11(18)14-5-7-17-6-1-3-15-17/h1-4,6,8H,5,7,12H2,(H,13,16)(H,14,18). The molecule has 0 bridgehead atoms. The summed E-state index contributed by atoms with van der Waals surface area (Å²) in [4.78, 5) is 15.7. The molecular weight excluding hydrogens is 232 g/mol. The Morgan fingerprint density at radius 1 is 1.44 bits per heavy atom. The van der Waals surface area contributed by atoms with E-state index in [1.54, 1.807) is 23.0 Å². The highest BCUT2D eigenvalue weighted by Crippen LogP contribution is 2.05. The molecule has 2 aromatic rings. The predicted octanol–water partition coefficient (Wildman–Crippen LogP) is -0.00630. The quantitative estimate of drug-likeness (QED) is 0.509. The van der Waals surface area contributed by atoms with Crippen LogP contribution in [0.15, 0.2) is 36.8 Å². The molecule has 1 amide bonds. The van der Waals surface area contributed by atoms with Gasteiger partial charge in [0.2, 0.25) is 0 Å². The monoisotopic (exact) mass is 246 g/mol. The number of hydrogen-bond acceptors (Lipinski definition) is 5. The van der Waals surface area contributed by atoms with E-state index in [1.807, 2.05) is 12.3 Å². The lowest BCUT2D eigenvalue weighted by Gasteiger charge is -2.06. The summed E-state index contributed by atoms with van der Waals surface area (Å²) in [5.74, 6) is 5.03. The van der Waals surface area contributed by atoms with Gasteiger partial charge in [-0.3, -0.25) is 20.3 Å². The Kier molecular flexibility index (Phi) is 3.87. The lowest BCUT2D eigenvalue weighted by molar-refractivity contribution is 0.0947. The molecule has 0 aliphatic rings. The number of anilines is 1. The van der Waals surface area contributed by atoms with Crippen LogP contribution in [0, 0.1) is 0 Å². The van der Waals surface area contributed by atoms with Crippen LogP contribution in [-0.2, 0) is 6.54 Å². The summed E-state index contributed by atoms with van der Waals surface area (Å²) in [7, 11) is 0. The van der Waals surface area contributed by atoms with E-state index in [1.165, 1.54) is 6.20 Å². The molecule has 0 aliphatic heterocycles. The molecule has 18 heavy (non-hydrogen) atoms. The van der Waals surface area contributed by atoms with Crippen LogP contribution < -0.4 is 16.6 Å².